The molecule has 0 fully saturated rings. The molecule has 1 aliphatic heterocycles. The summed E-state index contributed by atoms with van der Waals surface area (Å²) in [6, 6.07) is 3.65. The second-order valence-electron chi connectivity index (χ2n) is 7.01. The molecule has 1 aromatic rings. The molecule has 9 N–H and O–H groups in total. The summed E-state index contributed by atoms with van der Waals surface area (Å²) in [7, 11) is 0. The van der Waals surface area contributed by atoms with E-state index in [-0.39, 0.29) is 16.7 Å². The van der Waals surface area contributed by atoms with Crippen LogP contribution in [0.15, 0.2) is 18.2 Å². The predicted octanol–water partition coefficient (Wildman–Crippen LogP) is -3.42. The second kappa shape index (κ2) is 13.8. The molecule has 13 nitrogen and oxygen atoms in total. The van der Waals surface area contributed by atoms with Crippen molar-refractivity contribution in [3.63, 3.8) is 0 Å². The number of carboxylic acid groups (broad SMARTS) is 1. The number of aliphatic hydroxyl groups excluding tert-OH is 8. The Bertz CT molecular complexity index is 699. The molecule has 0 amide bonds. The fraction of sp³-hybridized carbons (Fsp3) is 0.526. The minimum atomic E-state index is -1.15. The summed E-state index contributed by atoms with van der Waals surface area (Å²) >= 11 is 0. The van der Waals surface area contributed by atoms with Gasteiger partial charge in [-0.25, -0.2) is 14.4 Å². The number of cyclic esters (lactones) is 2. The molecule has 0 atom stereocenters. The lowest BCUT2D eigenvalue weighted by molar-refractivity contribution is -0.0332. The van der Waals surface area contributed by atoms with E-state index in [0.29, 0.717) is 0 Å². The number of aliphatic hydroxyl groups is 8. The van der Waals surface area contributed by atoms with Crippen molar-refractivity contribution in [2.75, 3.05) is 52.9 Å². The van der Waals surface area contributed by atoms with Gasteiger partial charge in [-0.2, -0.15) is 0 Å². The average Bonchev–Trinajstić information content (AvgIpc) is 3.11. The number of aromatic carboxylic acids is 1. The molecule has 0 aliphatic carbocycles. The molecule has 32 heavy (non-hydrogen) atoms. The predicted molar refractivity (Wildman–Crippen MR) is 105 cm³/mol. The summed E-state index contributed by atoms with van der Waals surface area (Å²) in [4.78, 5) is 32.5. The van der Waals surface area contributed by atoms with Gasteiger partial charge in [-0.05, 0) is 18.2 Å². The first kappa shape index (κ1) is 29.5. The van der Waals surface area contributed by atoms with Gasteiger partial charge in [-0.3, -0.25) is 0 Å². The minimum Gasteiger partial charge on any atom is -0.478 e. The first-order chi connectivity index (χ1) is 15.1. The zero-order chi connectivity index (χ0) is 24.9. The highest BCUT2D eigenvalue weighted by atomic mass is 16.6. The van der Waals surface area contributed by atoms with Crippen molar-refractivity contribution >= 4 is 17.9 Å². The van der Waals surface area contributed by atoms with Gasteiger partial charge in [0.25, 0.3) is 0 Å². The maximum Gasteiger partial charge on any atom is 0.346 e. The largest absolute Gasteiger partial charge is 0.478 e. The van der Waals surface area contributed by atoms with Gasteiger partial charge in [0.05, 0.1) is 80.4 Å². The van der Waals surface area contributed by atoms with Crippen LogP contribution in [0.3, 0.4) is 0 Å². The van der Waals surface area contributed by atoms with Crippen LogP contribution in [0.1, 0.15) is 31.1 Å². The average molecular weight is 464 g/mol. The van der Waals surface area contributed by atoms with Gasteiger partial charge in [-0.15, -0.1) is 0 Å². The summed E-state index contributed by atoms with van der Waals surface area (Å²) in [6.45, 7) is -3.25. The molecule has 0 unspecified atom stereocenters. The summed E-state index contributed by atoms with van der Waals surface area (Å²) in [5, 5.41) is 76.6. The van der Waals surface area contributed by atoms with Crippen LogP contribution in [0.5, 0.6) is 0 Å². The molecule has 0 saturated heterocycles. The zero-order valence-electron chi connectivity index (χ0n) is 17.0. The SMILES string of the molecule is O=C(O)c1ccc2c(c1)C(=O)OC2=O.OCC(CO)(CO)CO.OCC(CO)(CO)CO. The van der Waals surface area contributed by atoms with Crippen molar-refractivity contribution < 1.29 is 65.1 Å². The smallest absolute Gasteiger partial charge is 0.346 e. The minimum absolute atomic E-state index is 0.00917. The van der Waals surface area contributed by atoms with Crippen molar-refractivity contribution in [2.24, 2.45) is 10.8 Å². The third-order valence-electron chi connectivity index (χ3n) is 4.58. The summed E-state index contributed by atoms with van der Waals surface area (Å²) in [5.41, 5.74) is -2.15. The second-order valence-corrected chi connectivity index (χ2v) is 7.01. The third kappa shape index (κ3) is 7.58. The Morgan fingerprint density at radius 1 is 0.656 bits per heavy atom. The van der Waals surface area contributed by atoms with Crippen LogP contribution < -0.4 is 0 Å². The third-order valence-corrected chi connectivity index (χ3v) is 4.58. The lowest BCUT2D eigenvalue weighted by atomic mass is 9.93. The number of hydrogen-bond donors (Lipinski definition) is 9. The van der Waals surface area contributed by atoms with Gasteiger partial charge in [0.1, 0.15) is 0 Å². The fourth-order valence-electron chi connectivity index (χ4n) is 1.82. The van der Waals surface area contributed by atoms with E-state index in [1.807, 2.05) is 0 Å². The monoisotopic (exact) mass is 464 g/mol. The standard InChI is InChI=1S/C9H4O5.2C5H12O4/c10-7(11)4-1-2-5-6(3-4)9(13)14-8(5)12;2*6-1-5(2-7,3-8)4-9/h1-3H,(H,10,11);2*6-9H,1-4H2. The van der Waals surface area contributed by atoms with E-state index < -0.39 is 81.6 Å². The van der Waals surface area contributed by atoms with E-state index in [9.17, 15) is 14.4 Å². The Morgan fingerprint density at radius 2 is 1.00 bits per heavy atom. The highest BCUT2D eigenvalue weighted by molar-refractivity contribution is 6.15. The van der Waals surface area contributed by atoms with Gasteiger partial charge in [0.2, 0.25) is 0 Å². The topological polar surface area (TPSA) is 243 Å². The number of rotatable bonds is 9. The molecule has 1 aliphatic rings. The molecule has 0 radical (unpaired) electrons. The van der Waals surface area contributed by atoms with Gasteiger partial charge in [0, 0.05) is 0 Å². The first-order valence-corrected chi connectivity index (χ1v) is 9.09. The lowest BCUT2D eigenvalue weighted by Gasteiger charge is -2.23. The molecule has 0 aromatic heterocycles. The van der Waals surface area contributed by atoms with E-state index in [0.717, 1.165) is 6.07 Å². The number of esters is 2. The van der Waals surface area contributed by atoms with Crippen LogP contribution in [-0.4, -0.2) is 117 Å². The Kier molecular flexibility index (Phi) is 12.7. The van der Waals surface area contributed by atoms with Crippen LogP contribution in [0, 0.1) is 10.8 Å². The summed E-state index contributed by atoms with van der Waals surface area (Å²) in [6.07, 6.45) is 0. The molecule has 0 bridgehead atoms. The quantitative estimate of drug-likeness (QED) is 0.128. The Labute approximate surface area is 182 Å². The Morgan fingerprint density at radius 3 is 1.28 bits per heavy atom. The Hall–Kier alpha value is -2.49. The zero-order valence-corrected chi connectivity index (χ0v) is 17.0. The number of fused-ring (bicyclic) bond motifs is 1. The molecule has 0 spiro atoms. The summed E-state index contributed by atoms with van der Waals surface area (Å²) in [5.74, 6) is -2.69. The number of hydrogen-bond acceptors (Lipinski definition) is 12. The van der Waals surface area contributed by atoms with Crippen LogP contribution in [-0.2, 0) is 4.74 Å². The normalized spacial score (nSPS) is 12.8. The van der Waals surface area contributed by atoms with Crippen molar-refractivity contribution in [3.05, 3.63) is 34.9 Å². The van der Waals surface area contributed by atoms with E-state index in [1.54, 1.807) is 0 Å². The van der Waals surface area contributed by atoms with Crippen LogP contribution in [0.2, 0.25) is 0 Å². The van der Waals surface area contributed by atoms with Crippen molar-refractivity contribution in [2.45, 2.75) is 0 Å². The van der Waals surface area contributed by atoms with Crippen molar-refractivity contribution in [1.82, 2.24) is 0 Å². The van der Waals surface area contributed by atoms with Gasteiger partial charge in [-0.1, -0.05) is 0 Å². The van der Waals surface area contributed by atoms with Crippen molar-refractivity contribution in [1.29, 1.82) is 0 Å². The van der Waals surface area contributed by atoms with Gasteiger partial charge >= 0.3 is 17.9 Å². The van der Waals surface area contributed by atoms with Crippen molar-refractivity contribution in [3.8, 4) is 0 Å². The van der Waals surface area contributed by atoms with Gasteiger partial charge < -0.3 is 50.7 Å². The highest BCUT2D eigenvalue weighted by Crippen LogP contribution is 2.21. The van der Waals surface area contributed by atoms with E-state index in [2.05, 4.69) is 4.74 Å². The van der Waals surface area contributed by atoms with Gasteiger partial charge in [0.15, 0.2) is 0 Å². The molecular weight excluding hydrogens is 436 g/mol. The first-order valence-electron chi connectivity index (χ1n) is 9.09. The number of carbonyl (C=O) groups is 3. The lowest BCUT2D eigenvalue weighted by Crippen LogP contribution is -2.37. The molecular formula is C19H28O13. The number of carboxylic acids is 1. The maximum absolute atomic E-state index is 11.0. The fourth-order valence-corrected chi connectivity index (χ4v) is 1.82. The van der Waals surface area contributed by atoms with E-state index in [1.165, 1.54) is 12.1 Å². The van der Waals surface area contributed by atoms with E-state index >= 15 is 0 Å². The van der Waals surface area contributed by atoms with Crippen LogP contribution in [0.4, 0.5) is 0 Å². The summed E-state index contributed by atoms with van der Waals surface area (Å²) < 4.78 is 4.30. The number of carbonyl (C=O) groups excluding carboxylic acids is 2. The number of ether oxygens (including phenoxy) is 1. The molecule has 13 heteroatoms. The molecule has 182 valence electrons. The molecule has 0 saturated carbocycles. The highest BCUT2D eigenvalue weighted by Gasteiger charge is 2.30. The maximum atomic E-state index is 11.0. The van der Waals surface area contributed by atoms with Crippen LogP contribution >= 0.6 is 0 Å². The number of benzene rings is 1. The molecule has 2 rings (SSSR count). The van der Waals surface area contributed by atoms with Crippen LogP contribution in [0.25, 0.3) is 0 Å². The van der Waals surface area contributed by atoms with E-state index in [4.69, 9.17) is 46.0 Å². The molecule has 1 heterocycles. The molecule has 1 aromatic carbocycles. The Balaban J connectivity index is 0.000000474.